The first-order valence-corrected chi connectivity index (χ1v) is 3.60. The zero-order valence-corrected chi connectivity index (χ0v) is 8.19. The summed E-state index contributed by atoms with van der Waals surface area (Å²) in [5.74, 6) is -2.37. The molecule has 0 saturated carbocycles. The fourth-order valence-corrected chi connectivity index (χ4v) is 0. The summed E-state index contributed by atoms with van der Waals surface area (Å²) in [7, 11) is 0. The lowest BCUT2D eigenvalue weighted by Crippen LogP contribution is -2.13. The molecule has 8 nitrogen and oxygen atoms in total. The Kier molecular flexibility index (Phi) is 15.6. The summed E-state index contributed by atoms with van der Waals surface area (Å²) < 4.78 is 0. The molecule has 2 unspecified atom stereocenters. The van der Waals surface area contributed by atoms with Crippen LogP contribution in [0.1, 0.15) is 13.8 Å². The lowest BCUT2D eigenvalue weighted by Gasteiger charge is -1.89. The smallest absolute Gasteiger partial charge is 0.332 e. The zero-order valence-electron chi connectivity index (χ0n) is 8.19. The van der Waals surface area contributed by atoms with Gasteiger partial charge in [-0.1, -0.05) is 0 Å². The minimum atomic E-state index is -1.23. The highest BCUT2D eigenvalue weighted by molar-refractivity contribution is 5.71. The molecule has 15 heavy (non-hydrogen) atoms. The number of hydrogen-bond acceptors (Lipinski definition) is 5. The Balaban J connectivity index is -0.000000153. The molecule has 0 radical (unpaired) electrons. The lowest BCUT2D eigenvalue weighted by molar-refractivity contribution is -0.146. The molecule has 0 aliphatic carbocycles. The maximum Gasteiger partial charge on any atom is 0.332 e. The molecule has 0 spiro atoms. The van der Waals surface area contributed by atoms with Crippen LogP contribution in [-0.2, 0) is 14.4 Å². The monoisotopic (exact) mass is 226 g/mol. The molecule has 2 atom stereocenters. The molecule has 8 heteroatoms. The molecule has 90 valence electrons. The van der Waals surface area contributed by atoms with Crippen LogP contribution in [0.4, 0.5) is 0 Å². The normalized spacial score (nSPS) is 11.7. The number of carboxylic acids is 2. The molecular weight excluding hydrogens is 212 g/mol. The zero-order chi connectivity index (χ0) is 13.0. The van der Waals surface area contributed by atoms with Crippen molar-refractivity contribution >= 4 is 18.4 Å². The topological polar surface area (TPSA) is 152 Å². The number of rotatable bonds is 2. The second-order valence-corrected chi connectivity index (χ2v) is 2.13. The molecule has 5 N–H and O–H groups in total. The summed E-state index contributed by atoms with van der Waals surface area (Å²) in [6.45, 7) is 2.14. The third-order valence-electron chi connectivity index (χ3n) is 0.715. The van der Waals surface area contributed by atoms with E-state index in [1.54, 1.807) is 0 Å². The second kappa shape index (κ2) is 12.3. The highest BCUT2D eigenvalue weighted by Gasteiger charge is 2.01. The first-order valence-electron chi connectivity index (χ1n) is 3.60. The van der Waals surface area contributed by atoms with Crippen LogP contribution in [0, 0.1) is 0 Å². The van der Waals surface area contributed by atoms with Gasteiger partial charge in [-0.05, 0) is 13.8 Å². The molecular formula is C7H14O8. The highest BCUT2D eigenvalue weighted by atomic mass is 16.4. The van der Waals surface area contributed by atoms with Crippen LogP contribution >= 0.6 is 0 Å². The van der Waals surface area contributed by atoms with E-state index in [1.165, 1.54) is 13.8 Å². The third-order valence-corrected chi connectivity index (χ3v) is 0.715. The van der Waals surface area contributed by atoms with Crippen molar-refractivity contribution in [2.45, 2.75) is 26.1 Å². The molecule has 0 aliphatic heterocycles. The Labute approximate surface area is 85.4 Å². The first kappa shape index (κ1) is 19.0. The Morgan fingerprint density at radius 3 is 1.07 bits per heavy atom. The van der Waals surface area contributed by atoms with E-state index in [-0.39, 0.29) is 6.47 Å². The summed E-state index contributed by atoms with van der Waals surface area (Å²) >= 11 is 0. The fraction of sp³-hybridized carbons (Fsp3) is 0.571. The molecule has 0 bridgehead atoms. The van der Waals surface area contributed by atoms with E-state index in [2.05, 4.69) is 0 Å². The van der Waals surface area contributed by atoms with Crippen LogP contribution in [0.25, 0.3) is 0 Å². The predicted molar refractivity (Wildman–Crippen MR) is 47.3 cm³/mol. The van der Waals surface area contributed by atoms with Crippen molar-refractivity contribution in [2.75, 3.05) is 0 Å². The van der Waals surface area contributed by atoms with Gasteiger partial charge in [-0.3, -0.25) is 4.79 Å². The predicted octanol–water partition coefficient (Wildman–Crippen LogP) is -1.40. The summed E-state index contributed by atoms with van der Waals surface area (Å²) in [5, 5.41) is 38.4. The van der Waals surface area contributed by atoms with Gasteiger partial charge in [-0.15, -0.1) is 0 Å². The summed E-state index contributed by atoms with van der Waals surface area (Å²) in [5.41, 5.74) is 0. The van der Waals surface area contributed by atoms with Crippen LogP contribution in [-0.4, -0.2) is 56.2 Å². The minimum Gasteiger partial charge on any atom is -0.483 e. The minimum absolute atomic E-state index is 0.250. The van der Waals surface area contributed by atoms with Gasteiger partial charge in [0.15, 0.2) is 0 Å². The van der Waals surface area contributed by atoms with Crippen LogP contribution in [0.2, 0.25) is 0 Å². The Morgan fingerprint density at radius 2 is 1.07 bits per heavy atom. The Bertz CT molecular complexity index is 167. The van der Waals surface area contributed by atoms with Crippen LogP contribution < -0.4 is 0 Å². The Hall–Kier alpha value is -1.67. The average molecular weight is 226 g/mol. The number of carbonyl (C=O) groups is 3. The van der Waals surface area contributed by atoms with Gasteiger partial charge in [0, 0.05) is 0 Å². The summed E-state index contributed by atoms with van der Waals surface area (Å²) in [4.78, 5) is 27.3. The Morgan fingerprint density at radius 1 is 1.00 bits per heavy atom. The van der Waals surface area contributed by atoms with Gasteiger partial charge < -0.3 is 25.5 Å². The van der Waals surface area contributed by atoms with E-state index in [9.17, 15) is 9.59 Å². The molecule has 0 aromatic heterocycles. The van der Waals surface area contributed by atoms with Crippen molar-refractivity contribution in [3.63, 3.8) is 0 Å². The van der Waals surface area contributed by atoms with Gasteiger partial charge >= 0.3 is 11.9 Å². The van der Waals surface area contributed by atoms with E-state index in [0.29, 0.717) is 0 Å². The average Bonchev–Trinajstić information content (AvgIpc) is 2.06. The molecule has 0 aromatic rings. The van der Waals surface area contributed by atoms with Gasteiger partial charge in [0.05, 0.1) is 0 Å². The summed E-state index contributed by atoms with van der Waals surface area (Å²) in [6, 6.07) is 0. The van der Waals surface area contributed by atoms with E-state index < -0.39 is 24.1 Å². The number of hydrogen-bond donors (Lipinski definition) is 5. The van der Waals surface area contributed by atoms with Crippen molar-refractivity contribution in [1.29, 1.82) is 0 Å². The van der Waals surface area contributed by atoms with Gasteiger partial charge in [-0.2, -0.15) is 0 Å². The number of carboxylic acid groups (broad SMARTS) is 3. The largest absolute Gasteiger partial charge is 0.483 e. The van der Waals surface area contributed by atoms with E-state index in [4.69, 9.17) is 30.3 Å². The van der Waals surface area contributed by atoms with E-state index in [1.807, 2.05) is 0 Å². The number of aliphatic hydroxyl groups excluding tert-OH is 2. The molecule has 0 aliphatic rings. The molecule has 0 amide bonds. The molecule has 0 fully saturated rings. The van der Waals surface area contributed by atoms with Crippen molar-refractivity contribution in [3.05, 3.63) is 0 Å². The molecule has 0 heterocycles. The lowest BCUT2D eigenvalue weighted by atomic mass is 10.4. The van der Waals surface area contributed by atoms with Gasteiger partial charge in [0.1, 0.15) is 12.2 Å². The van der Waals surface area contributed by atoms with Gasteiger partial charge in [0.2, 0.25) is 0 Å². The van der Waals surface area contributed by atoms with Crippen molar-refractivity contribution in [2.24, 2.45) is 0 Å². The molecule has 0 aromatic carbocycles. The number of aliphatic carboxylic acids is 2. The van der Waals surface area contributed by atoms with Crippen LogP contribution in [0.15, 0.2) is 0 Å². The second-order valence-electron chi connectivity index (χ2n) is 2.13. The standard InChI is InChI=1S/2C3H6O3.CH2O2/c2*1-2(4)3(5)6;2-1-3/h2*2,4H,1H3,(H,5,6);1H,(H,2,3). The number of aliphatic hydroxyl groups is 2. The fourth-order valence-electron chi connectivity index (χ4n) is 0. The van der Waals surface area contributed by atoms with Crippen molar-refractivity contribution in [1.82, 2.24) is 0 Å². The van der Waals surface area contributed by atoms with E-state index in [0.717, 1.165) is 0 Å². The first-order chi connectivity index (χ1) is 6.70. The van der Waals surface area contributed by atoms with Crippen LogP contribution in [0.5, 0.6) is 0 Å². The van der Waals surface area contributed by atoms with E-state index >= 15 is 0 Å². The quantitative estimate of drug-likeness (QED) is 0.360. The maximum absolute atomic E-state index is 9.45. The van der Waals surface area contributed by atoms with Gasteiger partial charge in [-0.25, -0.2) is 9.59 Å². The highest BCUT2D eigenvalue weighted by Crippen LogP contribution is 1.73. The van der Waals surface area contributed by atoms with Crippen molar-refractivity contribution in [3.8, 4) is 0 Å². The SMILES string of the molecule is CC(O)C(=O)O.CC(O)C(=O)O.O=CO. The molecule has 0 rings (SSSR count). The van der Waals surface area contributed by atoms with Gasteiger partial charge in [0.25, 0.3) is 6.47 Å². The summed E-state index contributed by atoms with van der Waals surface area (Å²) in [6.07, 6.45) is -2.46. The van der Waals surface area contributed by atoms with Crippen molar-refractivity contribution < 1.29 is 39.9 Å². The maximum atomic E-state index is 9.45. The third kappa shape index (κ3) is 32.8. The van der Waals surface area contributed by atoms with Crippen LogP contribution in [0.3, 0.4) is 0 Å². The molecule has 0 saturated heterocycles.